The van der Waals surface area contributed by atoms with Gasteiger partial charge in [-0.2, -0.15) is 0 Å². The molecule has 9 heteroatoms. The van der Waals surface area contributed by atoms with Crippen molar-refractivity contribution in [1.82, 2.24) is 15.0 Å². The molecule has 0 aromatic carbocycles. The summed E-state index contributed by atoms with van der Waals surface area (Å²) in [5, 5.41) is 6.43. The van der Waals surface area contributed by atoms with E-state index in [-0.39, 0.29) is 18.4 Å². The number of hydrogen-bond donors (Lipinski definition) is 1. The van der Waals surface area contributed by atoms with Crippen LogP contribution in [0.5, 0.6) is 0 Å². The topological polar surface area (TPSA) is 91.8 Å². The molecule has 3 rings (SSSR count). The fraction of sp³-hybridized carbons (Fsp3) is 0.353. The molecule has 0 unspecified atom stereocenters. The van der Waals surface area contributed by atoms with E-state index in [0.29, 0.717) is 43.5 Å². The number of carbonyl (C=O) groups excluding carboxylic acids is 2. The standard InChI is InChI=1S/C17H19IN4O4/c1-12-10-15(20-26-12)19-16(23)11-21-6-8-22(9-7-21)17(24)5-3-13-2-4-14(18)25-13/h2-5,10H,6-9,11H2,1H3,(H,19,20,23)/b5-3+. The minimum Gasteiger partial charge on any atom is -0.451 e. The lowest BCUT2D eigenvalue weighted by Crippen LogP contribution is -2.50. The Morgan fingerprint density at radius 1 is 1.31 bits per heavy atom. The number of aryl methyl sites for hydroxylation is 1. The van der Waals surface area contributed by atoms with Gasteiger partial charge in [0, 0.05) is 38.3 Å². The second-order valence-corrected chi connectivity index (χ2v) is 7.01. The lowest BCUT2D eigenvalue weighted by atomic mass is 10.3. The minimum atomic E-state index is -0.148. The van der Waals surface area contributed by atoms with E-state index >= 15 is 0 Å². The molecule has 8 nitrogen and oxygen atoms in total. The van der Waals surface area contributed by atoms with Crippen molar-refractivity contribution in [3.63, 3.8) is 0 Å². The fourth-order valence-corrected chi connectivity index (χ4v) is 3.05. The van der Waals surface area contributed by atoms with Gasteiger partial charge in [0.15, 0.2) is 9.58 Å². The van der Waals surface area contributed by atoms with Gasteiger partial charge in [-0.3, -0.25) is 14.5 Å². The first-order valence-corrected chi connectivity index (χ1v) is 9.25. The molecule has 138 valence electrons. The van der Waals surface area contributed by atoms with Crippen LogP contribution in [0.1, 0.15) is 11.5 Å². The van der Waals surface area contributed by atoms with E-state index in [0.717, 1.165) is 3.77 Å². The molecule has 0 atom stereocenters. The molecular weight excluding hydrogens is 451 g/mol. The van der Waals surface area contributed by atoms with Crippen LogP contribution < -0.4 is 5.32 Å². The molecule has 1 aliphatic rings. The molecule has 1 aliphatic heterocycles. The van der Waals surface area contributed by atoms with Gasteiger partial charge in [0.05, 0.1) is 6.54 Å². The lowest BCUT2D eigenvalue weighted by molar-refractivity contribution is -0.127. The number of anilines is 1. The first-order valence-electron chi connectivity index (χ1n) is 8.17. The molecule has 2 aromatic heterocycles. The number of nitrogens with one attached hydrogen (secondary N) is 1. The van der Waals surface area contributed by atoms with Crippen LogP contribution in [-0.4, -0.2) is 59.5 Å². The van der Waals surface area contributed by atoms with Gasteiger partial charge in [-0.05, 0) is 47.7 Å². The van der Waals surface area contributed by atoms with E-state index in [1.54, 1.807) is 24.0 Å². The summed E-state index contributed by atoms with van der Waals surface area (Å²) in [6.07, 6.45) is 3.19. The summed E-state index contributed by atoms with van der Waals surface area (Å²) in [5.41, 5.74) is 0. The third-order valence-electron chi connectivity index (χ3n) is 3.93. The highest BCUT2D eigenvalue weighted by molar-refractivity contribution is 14.1. The van der Waals surface area contributed by atoms with Crippen LogP contribution in [0.25, 0.3) is 6.08 Å². The van der Waals surface area contributed by atoms with E-state index < -0.39 is 0 Å². The van der Waals surface area contributed by atoms with E-state index in [1.165, 1.54) is 6.08 Å². The van der Waals surface area contributed by atoms with Crippen LogP contribution in [-0.2, 0) is 9.59 Å². The van der Waals surface area contributed by atoms with Crippen LogP contribution in [0, 0.1) is 10.7 Å². The molecule has 1 saturated heterocycles. The third-order valence-corrected chi connectivity index (χ3v) is 4.51. The number of carbonyl (C=O) groups is 2. The Labute approximate surface area is 164 Å². The summed E-state index contributed by atoms with van der Waals surface area (Å²) < 4.78 is 11.1. The van der Waals surface area contributed by atoms with Crippen LogP contribution >= 0.6 is 22.6 Å². The van der Waals surface area contributed by atoms with Crippen molar-refractivity contribution in [3.05, 3.63) is 39.6 Å². The maximum Gasteiger partial charge on any atom is 0.246 e. The number of rotatable bonds is 5. The summed E-state index contributed by atoms with van der Waals surface area (Å²) in [4.78, 5) is 28.0. The zero-order valence-corrected chi connectivity index (χ0v) is 16.4. The number of aromatic nitrogens is 1. The van der Waals surface area contributed by atoms with Gasteiger partial charge in [-0.15, -0.1) is 0 Å². The molecule has 0 radical (unpaired) electrons. The number of halogens is 1. The normalized spacial score (nSPS) is 15.5. The summed E-state index contributed by atoms with van der Waals surface area (Å²) in [7, 11) is 0. The lowest BCUT2D eigenvalue weighted by Gasteiger charge is -2.33. The smallest absolute Gasteiger partial charge is 0.246 e. The number of amides is 2. The average molecular weight is 470 g/mol. The Balaban J connectivity index is 1.42. The Hall–Kier alpha value is -2.14. The highest BCUT2D eigenvalue weighted by Gasteiger charge is 2.21. The van der Waals surface area contributed by atoms with Gasteiger partial charge in [-0.1, -0.05) is 5.16 Å². The molecule has 0 spiro atoms. The van der Waals surface area contributed by atoms with Crippen molar-refractivity contribution in [2.75, 3.05) is 38.0 Å². The zero-order chi connectivity index (χ0) is 18.5. The minimum absolute atomic E-state index is 0.0569. The Kier molecular flexibility index (Phi) is 6.09. The number of piperazine rings is 1. The summed E-state index contributed by atoms with van der Waals surface area (Å²) in [6, 6.07) is 5.33. The highest BCUT2D eigenvalue weighted by Crippen LogP contribution is 2.12. The van der Waals surface area contributed by atoms with Crippen LogP contribution in [0.4, 0.5) is 5.82 Å². The first-order chi connectivity index (χ1) is 12.5. The monoisotopic (exact) mass is 470 g/mol. The highest BCUT2D eigenvalue weighted by atomic mass is 127. The molecule has 2 amide bonds. The Morgan fingerprint density at radius 2 is 2.08 bits per heavy atom. The molecule has 3 heterocycles. The van der Waals surface area contributed by atoms with E-state index in [2.05, 4.69) is 33.1 Å². The molecule has 2 aromatic rings. The average Bonchev–Trinajstić information content (AvgIpc) is 3.21. The Bertz CT molecular complexity index is 805. The van der Waals surface area contributed by atoms with Gasteiger partial charge in [-0.25, -0.2) is 0 Å². The van der Waals surface area contributed by atoms with E-state index in [1.807, 2.05) is 17.0 Å². The van der Waals surface area contributed by atoms with Gasteiger partial charge in [0.2, 0.25) is 11.8 Å². The molecule has 26 heavy (non-hydrogen) atoms. The fourth-order valence-electron chi connectivity index (χ4n) is 2.61. The van der Waals surface area contributed by atoms with Crippen molar-refractivity contribution in [3.8, 4) is 0 Å². The zero-order valence-electron chi connectivity index (χ0n) is 14.3. The van der Waals surface area contributed by atoms with E-state index in [4.69, 9.17) is 8.94 Å². The third kappa shape index (κ3) is 5.18. The molecular formula is C17H19IN4O4. The SMILES string of the molecule is Cc1cc(NC(=O)CN2CCN(C(=O)/C=C/c3ccc(I)o3)CC2)no1. The number of nitrogens with zero attached hydrogens (tertiary/aromatic N) is 3. The quantitative estimate of drug-likeness (QED) is 0.531. The molecule has 0 bridgehead atoms. The van der Waals surface area contributed by atoms with Gasteiger partial charge in [0.25, 0.3) is 0 Å². The van der Waals surface area contributed by atoms with Crippen LogP contribution in [0.3, 0.4) is 0 Å². The molecule has 1 fully saturated rings. The molecule has 0 aliphatic carbocycles. The van der Waals surface area contributed by atoms with Crippen molar-refractivity contribution in [2.45, 2.75) is 6.92 Å². The summed E-state index contributed by atoms with van der Waals surface area (Å²) in [6.45, 7) is 4.46. The maximum absolute atomic E-state index is 12.2. The van der Waals surface area contributed by atoms with Crippen molar-refractivity contribution in [2.24, 2.45) is 0 Å². The van der Waals surface area contributed by atoms with Crippen LogP contribution in [0.15, 0.2) is 33.2 Å². The maximum atomic E-state index is 12.2. The van der Waals surface area contributed by atoms with Crippen LogP contribution in [0.2, 0.25) is 0 Å². The van der Waals surface area contributed by atoms with Gasteiger partial charge >= 0.3 is 0 Å². The largest absolute Gasteiger partial charge is 0.451 e. The second-order valence-electron chi connectivity index (χ2n) is 5.95. The number of furan rings is 1. The second kappa shape index (κ2) is 8.49. The number of hydrogen-bond acceptors (Lipinski definition) is 6. The molecule has 1 N–H and O–H groups in total. The van der Waals surface area contributed by atoms with Gasteiger partial charge in [0.1, 0.15) is 11.5 Å². The first kappa shape index (κ1) is 18.6. The van der Waals surface area contributed by atoms with Crippen molar-refractivity contribution < 1.29 is 18.5 Å². The Morgan fingerprint density at radius 3 is 2.69 bits per heavy atom. The molecule has 0 saturated carbocycles. The van der Waals surface area contributed by atoms with Crippen molar-refractivity contribution in [1.29, 1.82) is 0 Å². The summed E-state index contributed by atoms with van der Waals surface area (Å²) in [5.74, 6) is 1.51. The predicted octanol–water partition coefficient (Wildman–Crippen LogP) is 1.98. The predicted molar refractivity (Wildman–Crippen MR) is 103 cm³/mol. The van der Waals surface area contributed by atoms with Crippen molar-refractivity contribution >= 4 is 46.3 Å². The van der Waals surface area contributed by atoms with Gasteiger partial charge < -0.3 is 19.2 Å². The van der Waals surface area contributed by atoms with E-state index in [9.17, 15) is 9.59 Å². The summed E-state index contributed by atoms with van der Waals surface area (Å²) >= 11 is 2.08.